The molecule has 0 saturated heterocycles. The first-order valence-corrected chi connectivity index (χ1v) is 21.4. The highest BCUT2D eigenvalue weighted by Gasteiger charge is 2.51. The summed E-state index contributed by atoms with van der Waals surface area (Å²) >= 11 is 0. The number of hydrogen-bond acceptors (Lipinski definition) is 3. The molecular formula is C52H33N3OSi. The van der Waals surface area contributed by atoms with E-state index in [0.717, 1.165) is 61.2 Å². The number of nitrogens with zero attached hydrogens (tertiary/aromatic N) is 3. The zero-order valence-corrected chi connectivity index (χ0v) is 31.8. The molecule has 0 radical (unpaired) electrons. The van der Waals surface area contributed by atoms with Crippen molar-refractivity contribution in [2.24, 2.45) is 0 Å². The van der Waals surface area contributed by atoms with Crippen LogP contribution in [0.15, 0.2) is 205 Å². The van der Waals surface area contributed by atoms with E-state index >= 15 is 0 Å². The highest BCUT2D eigenvalue weighted by molar-refractivity contribution is 7.22. The zero-order chi connectivity index (χ0) is 37.5. The lowest BCUT2D eigenvalue weighted by Gasteiger charge is -2.32. The Morgan fingerprint density at radius 2 is 1.04 bits per heavy atom. The minimum atomic E-state index is -2.84. The lowest BCUT2D eigenvalue weighted by atomic mass is 10.1. The van der Waals surface area contributed by atoms with Crippen molar-refractivity contribution in [2.75, 3.05) is 0 Å². The number of benzene rings is 8. The van der Waals surface area contributed by atoms with E-state index in [1.165, 1.54) is 37.1 Å². The third-order valence-electron chi connectivity index (χ3n) is 11.9. The molecule has 11 aromatic rings. The molecule has 0 amide bonds. The normalized spacial score (nSPS) is 13.1. The van der Waals surface area contributed by atoms with E-state index in [2.05, 4.69) is 193 Å². The Bertz CT molecular complexity index is 3300. The highest BCUT2D eigenvalue weighted by atomic mass is 28.3. The highest BCUT2D eigenvalue weighted by Crippen LogP contribution is 2.41. The van der Waals surface area contributed by atoms with Crippen LogP contribution >= 0.6 is 0 Å². The van der Waals surface area contributed by atoms with Crippen molar-refractivity contribution in [3.8, 4) is 39.6 Å². The van der Waals surface area contributed by atoms with E-state index in [1.54, 1.807) is 0 Å². The van der Waals surface area contributed by atoms with Gasteiger partial charge in [0, 0.05) is 49.1 Å². The maximum Gasteiger partial charge on any atom is 0.185 e. The number of para-hydroxylation sites is 2. The van der Waals surface area contributed by atoms with Crippen LogP contribution in [0.3, 0.4) is 0 Å². The molecule has 12 rings (SSSR count). The largest absolute Gasteiger partial charge is 0.456 e. The van der Waals surface area contributed by atoms with Gasteiger partial charge < -0.3 is 8.98 Å². The van der Waals surface area contributed by atoms with Crippen LogP contribution in [0.2, 0.25) is 0 Å². The van der Waals surface area contributed by atoms with Crippen LogP contribution < -0.4 is 20.7 Å². The van der Waals surface area contributed by atoms with Gasteiger partial charge in [-0.1, -0.05) is 152 Å². The molecule has 1 aliphatic heterocycles. The summed E-state index contributed by atoms with van der Waals surface area (Å²) in [6.45, 7) is 0. The summed E-state index contributed by atoms with van der Waals surface area (Å²) in [5.41, 5.74) is 10.4. The third kappa shape index (κ3) is 4.55. The topological polar surface area (TPSA) is 43.9 Å². The average molecular weight is 744 g/mol. The van der Waals surface area contributed by atoms with Gasteiger partial charge in [0.1, 0.15) is 11.2 Å². The first-order valence-electron chi connectivity index (χ1n) is 19.4. The van der Waals surface area contributed by atoms with Crippen molar-refractivity contribution in [3.05, 3.63) is 200 Å². The monoisotopic (exact) mass is 743 g/mol. The van der Waals surface area contributed by atoms with Crippen molar-refractivity contribution in [2.45, 2.75) is 0 Å². The molecule has 0 unspecified atom stereocenters. The first kappa shape index (κ1) is 32.0. The van der Waals surface area contributed by atoms with Crippen LogP contribution in [0.4, 0.5) is 0 Å². The molecule has 5 heteroatoms. The molecule has 0 N–H and O–H groups in total. The molecule has 0 spiro atoms. The van der Waals surface area contributed by atoms with Gasteiger partial charge in [0.25, 0.3) is 0 Å². The molecule has 0 bridgehead atoms. The first-order chi connectivity index (χ1) is 28.3. The summed E-state index contributed by atoms with van der Waals surface area (Å²) in [6, 6.07) is 71.8. The van der Waals surface area contributed by atoms with Gasteiger partial charge in [0.15, 0.2) is 13.9 Å². The van der Waals surface area contributed by atoms with Gasteiger partial charge >= 0.3 is 0 Å². The maximum absolute atomic E-state index is 6.33. The number of hydrogen-bond donors (Lipinski definition) is 0. The van der Waals surface area contributed by atoms with E-state index in [-0.39, 0.29) is 0 Å². The predicted molar refractivity (Wildman–Crippen MR) is 237 cm³/mol. The van der Waals surface area contributed by atoms with Crippen molar-refractivity contribution in [1.29, 1.82) is 0 Å². The van der Waals surface area contributed by atoms with Gasteiger partial charge in [-0.3, -0.25) is 0 Å². The number of furan rings is 1. The second-order valence-corrected chi connectivity index (χ2v) is 18.5. The molecule has 3 aromatic heterocycles. The Labute approximate surface area is 330 Å². The van der Waals surface area contributed by atoms with Crippen molar-refractivity contribution < 1.29 is 4.42 Å². The molecule has 4 heterocycles. The molecule has 266 valence electrons. The van der Waals surface area contributed by atoms with Crippen LogP contribution in [0.25, 0.3) is 83.3 Å². The summed E-state index contributed by atoms with van der Waals surface area (Å²) < 4.78 is 8.69. The molecule has 0 fully saturated rings. The van der Waals surface area contributed by atoms with Gasteiger partial charge in [-0.25, -0.2) is 9.97 Å². The Morgan fingerprint density at radius 3 is 1.79 bits per heavy atom. The minimum Gasteiger partial charge on any atom is -0.456 e. The Balaban J connectivity index is 1.09. The van der Waals surface area contributed by atoms with Crippen LogP contribution in [0.1, 0.15) is 0 Å². The van der Waals surface area contributed by atoms with E-state index in [9.17, 15) is 0 Å². The standard InChI is InChI=1S/C52H33N3OSi/c1-4-16-34(17-5-1)49-51-50(41-24-12-15-27-46(41)57(51,37-18-6-2-7-19-37)38-20-8-3-9-21-38)54-52(53-49)35-28-30-36(31-29-35)55-42-25-13-10-22-39(42)47-43(55)32-33-45-48(47)40-23-11-14-26-44(40)56-45/h1-33H. The SMILES string of the molecule is c1ccc(-c2nc(-c3ccc(-n4c5ccccc5c5c6c(ccc54)oc4ccccc46)cc3)nc3c2[Si](c2ccccc2)(c2ccccc2)c2ccccc2-3)cc1. The average Bonchev–Trinajstić information content (AvgIpc) is 3.93. The fraction of sp³-hybridized carbons (Fsp3) is 0. The van der Waals surface area contributed by atoms with Crippen LogP contribution in [0, 0.1) is 0 Å². The van der Waals surface area contributed by atoms with Gasteiger partial charge in [-0.05, 0) is 64.1 Å². The zero-order valence-electron chi connectivity index (χ0n) is 30.8. The Hall–Kier alpha value is -7.34. The van der Waals surface area contributed by atoms with E-state index in [0.29, 0.717) is 5.82 Å². The fourth-order valence-corrected chi connectivity index (χ4v) is 14.8. The smallest absolute Gasteiger partial charge is 0.185 e. The minimum absolute atomic E-state index is 0.716. The number of fused-ring (bicyclic) bond motifs is 10. The van der Waals surface area contributed by atoms with E-state index in [1.807, 2.05) is 12.1 Å². The fourth-order valence-electron chi connectivity index (χ4n) is 9.55. The molecular weight excluding hydrogens is 711 g/mol. The van der Waals surface area contributed by atoms with Crippen molar-refractivity contribution in [1.82, 2.24) is 14.5 Å². The lowest BCUT2D eigenvalue weighted by molar-refractivity contribution is 0.669. The molecule has 57 heavy (non-hydrogen) atoms. The summed E-state index contributed by atoms with van der Waals surface area (Å²) in [7, 11) is -2.84. The number of rotatable bonds is 5. The quantitative estimate of drug-likeness (QED) is 0.165. The van der Waals surface area contributed by atoms with Crippen LogP contribution in [-0.2, 0) is 0 Å². The van der Waals surface area contributed by atoms with Gasteiger partial charge in [-0.2, -0.15) is 0 Å². The predicted octanol–water partition coefficient (Wildman–Crippen LogP) is 10.2. The van der Waals surface area contributed by atoms with E-state index in [4.69, 9.17) is 14.4 Å². The van der Waals surface area contributed by atoms with Gasteiger partial charge in [0.05, 0.1) is 22.4 Å². The molecule has 0 atom stereocenters. The van der Waals surface area contributed by atoms with Crippen LogP contribution in [0.5, 0.6) is 0 Å². The summed E-state index contributed by atoms with van der Waals surface area (Å²) in [5.74, 6) is 0.716. The van der Waals surface area contributed by atoms with Gasteiger partial charge in [0.2, 0.25) is 0 Å². The summed E-state index contributed by atoms with van der Waals surface area (Å²) in [4.78, 5) is 11.1. The molecule has 8 aromatic carbocycles. The second kappa shape index (κ2) is 12.3. The van der Waals surface area contributed by atoms with E-state index < -0.39 is 8.07 Å². The summed E-state index contributed by atoms with van der Waals surface area (Å²) in [6.07, 6.45) is 0. The third-order valence-corrected chi connectivity index (χ3v) is 16.8. The lowest BCUT2D eigenvalue weighted by Crippen LogP contribution is -2.73. The molecule has 0 aliphatic carbocycles. The second-order valence-electron chi connectivity index (χ2n) is 14.8. The van der Waals surface area contributed by atoms with Crippen molar-refractivity contribution >= 4 is 72.6 Å². The van der Waals surface area contributed by atoms with Gasteiger partial charge in [-0.15, -0.1) is 0 Å². The maximum atomic E-state index is 6.33. The van der Waals surface area contributed by atoms with Crippen molar-refractivity contribution in [3.63, 3.8) is 0 Å². The Kier molecular flexibility index (Phi) is 6.91. The molecule has 1 aliphatic rings. The number of aromatic nitrogens is 3. The Morgan fingerprint density at radius 1 is 0.421 bits per heavy atom. The molecule has 0 saturated carbocycles. The molecule has 4 nitrogen and oxygen atoms in total. The summed E-state index contributed by atoms with van der Waals surface area (Å²) in [5, 5.41) is 9.94. The van der Waals surface area contributed by atoms with Crippen LogP contribution in [-0.4, -0.2) is 22.6 Å².